The second kappa shape index (κ2) is 7.11. The predicted octanol–water partition coefficient (Wildman–Crippen LogP) is 4.99. The lowest BCUT2D eigenvalue weighted by atomic mass is 9.98. The van der Waals surface area contributed by atoms with E-state index in [1.807, 2.05) is 20.8 Å². The SMILES string of the molecule is Cc1ncc(NC(=O)N[C@H](c2oc3ccc(F)cc3c2C)C(C)C)cn1.[HH].[HH]. The summed E-state index contributed by atoms with van der Waals surface area (Å²) >= 11 is 0. The van der Waals surface area contributed by atoms with Crippen molar-refractivity contribution in [1.82, 2.24) is 15.3 Å². The molecule has 0 saturated heterocycles. The first kappa shape index (κ1) is 17.8. The number of rotatable bonds is 4. The van der Waals surface area contributed by atoms with Gasteiger partial charge in [-0.2, -0.15) is 0 Å². The van der Waals surface area contributed by atoms with Crippen molar-refractivity contribution in [3.63, 3.8) is 0 Å². The molecule has 3 aromatic rings. The number of carbonyl (C=O) groups is 1. The molecule has 0 aliphatic carbocycles. The molecule has 1 atom stereocenters. The number of aromatic nitrogens is 2. The summed E-state index contributed by atoms with van der Waals surface area (Å²) in [6.07, 6.45) is 3.09. The van der Waals surface area contributed by atoms with Gasteiger partial charge >= 0.3 is 6.03 Å². The summed E-state index contributed by atoms with van der Waals surface area (Å²) in [6.45, 7) is 7.59. The molecule has 0 saturated carbocycles. The van der Waals surface area contributed by atoms with Gasteiger partial charge in [0.15, 0.2) is 0 Å². The molecule has 0 bridgehead atoms. The number of nitrogens with zero attached hydrogens (tertiary/aromatic N) is 2. The Bertz CT molecular complexity index is 945. The van der Waals surface area contributed by atoms with Crippen molar-refractivity contribution in [3.05, 3.63) is 53.6 Å². The van der Waals surface area contributed by atoms with Crippen LogP contribution in [0.15, 0.2) is 35.0 Å². The minimum atomic E-state index is -0.387. The summed E-state index contributed by atoms with van der Waals surface area (Å²) in [6, 6.07) is 3.65. The third kappa shape index (κ3) is 3.66. The van der Waals surface area contributed by atoms with E-state index in [1.54, 1.807) is 25.4 Å². The first-order valence-corrected chi connectivity index (χ1v) is 8.40. The zero-order valence-electron chi connectivity index (χ0n) is 15.1. The summed E-state index contributed by atoms with van der Waals surface area (Å²) in [4.78, 5) is 20.5. The van der Waals surface area contributed by atoms with E-state index in [-0.39, 0.29) is 26.7 Å². The van der Waals surface area contributed by atoms with Gasteiger partial charge in [0.25, 0.3) is 0 Å². The highest BCUT2D eigenvalue weighted by Gasteiger charge is 2.25. The van der Waals surface area contributed by atoms with Crippen molar-refractivity contribution < 1.29 is 16.5 Å². The standard InChI is InChI=1S/C19H21FN4O2.2H2/c1-10(2)17(24-19(25)23-14-8-21-12(4)22-9-14)18-11(3)15-7-13(20)5-6-16(15)26-18;;/h5-10,17H,1-4H3,(H2,23,24,25);2*1H/t17-;;/m0../s1. The Morgan fingerprint density at radius 2 is 1.92 bits per heavy atom. The van der Waals surface area contributed by atoms with E-state index in [2.05, 4.69) is 20.6 Å². The van der Waals surface area contributed by atoms with Gasteiger partial charge < -0.3 is 15.1 Å². The molecule has 0 aliphatic rings. The molecule has 26 heavy (non-hydrogen) atoms. The quantitative estimate of drug-likeness (QED) is 0.687. The number of benzene rings is 1. The van der Waals surface area contributed by atoms with Crippen LogP contribution in [0.1, 0.15) is 39.9 Å². The predicted molar refractivity (Wildman–Crippen MR) is 102 cm³/mol. The lowest BCUT2D eigenvalue weighted by molar-refractivity contribution is 0.241. The second-order valence-electron chi connectivity index (χ2n) is 6.57. The number of carbonyl (C=O) groups excluding carboxylic acids is 1. The molecule has 6 nitrogen and oxygen atoms in total. The van der Waals surface area contributed by atoms with Crippen LogP contribution in [0.5, 0.6) is 0 Å². The number of fused-ring (bicyclic) bond motifs is 1. The van der Waals surface area contributed by atoms with Gasteiger partial charge in [0.2, 0.25) is 0 Å². The maximum absolute atomic E-state index is 13.5. The Labute approximate surface area is 153 Å². The summed E-state index contributed by atoms with van der Waals surface area (Å²) in [5.41, 5.74) is 1.91. The molecule has 1 aromatic carbocycles. The molecule has 2 amide bonds. The Morgan fingerprint density at radius 3 is 2.58 bits per heavy atom. The number of halogens is 1. The van der Waals surface area contributed by atoms with Gasteiger partial charge in [-0.25, -0.2) is 19.2 Å². The molecular weight excluding hydrogens is 335 g/mol. The van der Waals surface area contributed by atoms with E-state index >= 15 is 0 Å². The van der Waals surface area contributed by atoms with Crippen LogP contribution in [0.25, 0.3) is 11.0 Å². The second-order valence-corrected chi connectivity index (χ2v) is 6.57. The molecule has 0 radical (unpaired) electrons. The normalized spacial score (nSPS) is 12.4. The monoisotopic (exact) mass is 360 g/mol. The van der Waals surface area contributed by atoms with Crippen LogP contribution >= 0.6 is 0 Å². The molecule has 2 heterocycles. The van der Waals surface area contributed by atoms with Gasteiger partial charge in [0, 0.05) is 13.8 Å². The largest absolute Gasteiger partial charge is 0.459 e. The lowest BCUT2D eigenvalue weighted by Crippen LogP contribution is -2.35. The minimum absolute atomic E-state index is 0. The number of furan rings is 1. The molecule has 3 rings (SSSR count). The molecular formula is C19H25FN4O2. The van der Waals surface area contributed by atoms with Crippen LogP contribution in [0, 0.1) is 25.6 Å². The lowest BCUT2D eigenvalue weighted by Gasteiger charge is -2.21. The van der Waals surface area contributed by atoms with Crippen LogP contribution in [0.4, 0.5) is 14.9 Å². The van der Waals surface area contributed by atoms with E-state index in [4.69, 9.17) is 4.42 Å². The van der Waals surface area contributed by atoms with Crippen LogP contribution < -0.4 is 10.6 Å². The van der Waals surface area contributed by atoms with Crippen LogP contribution in [-0.2, 0) is 0 Å². The highest BCUT2D eigenvalue weighted by molar-refractivity contribution is 5.89. The Hall–Kier alpha value is -2.96. The van der Waals surface area contributed by atoms with Crippen LogP contribution in [0.2, 0.25) is 0 Å². The fraction of sp³-hybridized carbons (Fsp3) is 0.316. The van der Waals surface area contributed by atoms with Crippen molar-refractivity contribution in [2.45, 2.75) is 33.7 Å². The molecule has 0 unspecified atom stereocenters. The van der Waals surface area contributed by atoms with E-state index in [1.165, 1.54) is 12.1 Å². The third-order valence-corrected chi connectivity index (χ3v) is 4.21. The molecule has 7 heteroatoms. The molecule has 2 N–H and O–H groups in total. The minimum Gasteiger partial charge on any atom is -0.459 e. The highest BCUT2D eigenvalue weighted by Crippen LogP contribution is 2.33. The average Bonchev–Trinajstić information content (AvgIpc) is 2.91. The van der Waals surface area contributed by atoms with Gasteiger partial charge in [-0.15, -0.1) is 0 Å². The first-order chi connectivity index (χ1) is 12.3. The van der Waals surface area contributed by atoms with Crippen molar-refractivity contribution in [3.8, 4) is 0 Å². The zero-order valence-corrected chi connectivity index (χ0v) is 15.1. The highest BCUT2D eigenvalue weighted by atomic mass is 19.1. The topological polar surface area (TPSA) is 80.0 Å². The summed E-state index contributed by atoms with van der Waals surface area (Å²) < 4.78 is 19.4. The number of nitrogens with one attached hydrogen (secondary N) is 2. The Kier molecular flexibility index (Phi) is 4.88. The zero-order chi connectivity index (χ0) is 18.8. The van der Waals surface area contributed by atoms with Gasteiger partial charge in [-0.3, -0.25) is 0 Å². The number of amides is 2. The molecule has 140 valence electrons. The van der Waals surface area contributed by atoms with Gasteiger partial charge in [-0.05, 0) is 38.0 Å². The Morgan fingerprint density at radius 1 is 1.23 bits per heavy atom. The maximum Gasteiger partial charge on any atom is 0.319 e. The molecule has 0 spiro atoms. The summed E-state index contributed by atoms with van der Waals surface area (Å²) in [7, 11) is 0. The Balaban J connectivity index is 0.00000196. The van der Waals surface area contributed by atoms with Crippen LogP contribution in [0.3, 0.4) is 0 Å². The maximum atomic E-state index is 13.5. The van der Waals surface area contributed by atoms with Crippen molar-refractivity contribution in [2.24, 2.45) is 5.92 Å². The first-order valence-electron chi connectivity index (χ1n) is 8.40. The number of anilines is 1. The average molecular weight is 360 g/mol. The van der Waals surface area contributed by atoms with Crippen molar-refractivity contribution in [2.75, 3.05) is 5.32 Å². The van der Waals surface area contributed by atoms with E-state index in [9.17, 15) is 9.18 Å². The molecule has 0 fully saturated rings. The fourth-order valence-corrected chi connectivity index (χ4v) is 2.81. The summed E-state index contributed by atoms with van der Waals surface area (Å²) in [5.74, 6) is 0.996. The van der Waals surface area contributed by atoms with Crippen molar-refractivity contribution >= 4 is 22.7 Å². The number of hydrogen-bond acceptors (Lipinski definition) is 4. The van der Waals surface area contributed by atoms with Gasteiger partial charge in [-0.1, -0.05) is 13.8 Å². The van der Waals surface area contributed by atoms with Crippen molar-refractivity contribution in [1.29, 1.82) is 0 Å². The number of hydrogen-bond donors (Lipinski definition) is 2. The van der Waals surface area contributed by atoms with Gasteiger partial charge in [0.1, 0.15) is 23.0 Å². The molecule has 2 aromatic heterocycles. The van der Waals surface area contributed by atoms with E-state index < -0.39 is 0 Å². The molecule has 0 aliphatic heterocycles. The van der Waals surface area contributed by atoms with Gasteiger partial charge in [0.05, 0.1) is 24.1 Å². The number of urea groups is 1. The van der Waals surface area contributed by atoms with E-state index in [0.29, 0.717) is 28.2 Å². The number of aryl methyl sites for hydroxylation is 2. The third-order valence-electron chi connectivity index (χ3n) is 4.21. The van der Waals surface area contributed by atoms with Crippen LogP contribution in [-0.4, -0.2) is 16.0 Å². The fourth-order valence-electron chi connectivity index (χ4n) is 2.81. The van der Waals surface area contributed by atoms with E-state index in [0.717, 1.165) is 5.56 Å². The smallest absolute Gasteiger partial charge is 0.319 e. The summed E-state index contributed by atoms with van der Waals surface area (Å²) in [5, 5.41) is 6.34.